The molecule has 1 fully saturated rings. The molecular weight excluding hydrogens is 613 g/mol. The Morgan fingerprint density at radius 2 is 1.43 bits per heavy atom. The molecule has 44 heavy (non-hydrogen) atoms. The minimum Gasteiger partial charge on any atom is -0.299 e. The Bertz CT molecular complexity index is 1490. The van der Waals surface area contributed by atoms with Crippen molar-refractivity contribution in [3.63, 3.8) is 0 Å². The Kier molecular flexibility index (Phi) is 13.7. The van der Waals surface area contributed by atoms with Crippen molar-refractivity contribution in [2.75, 3.05) is 37.2 Å². The molecule has 3 aromatic rings. The average Bonchev–Trinajstić information content (AvgIpc) is 3.17. The van der Waals surface area contributed by atoms with Gasteiger partial charge in [0.25, 0.3) is 0 Å². The highest BCUT2D eigenvalue weighted by Crippen LogP contribution is 2.27. The highest BCUT2D eigenvalue weighted by atomic mass is 35.5. The lowest BCUT2D eigenvalue weighted by Gasteiger charge is -2.32. The van der Waals surface area contributed by atoms with E-state index in [0.717, 1.165) is 88.9 Å². The molecule has 0 spiro atoms. The summed E-state index contributed by atoms with van der Waals surface area (Å²) in [6.45, 7) is 7.99. The van der Waals surface area contributed by atoms with Crippen molar-refractivity contribution in [3.8, 4) is 0 Å². The standard InChI is InChI=1S/C35H45N3O3S.2ClH/c1-27-8-3-4-10-32(27)25-38-22-18-29-14-15-31(24-30(29)19-23-38)35(39)13-7-9-28-16-20-37(21-17-28)26-33-11-5-6-12-34(33)36-42(2,40)41;;/h3-6,8,10-12,14-15,24,28,36H,7,9,13,16-23,25-26H2,1-2H3;2*1H. The van der Waals surface area contributed by atoms with E-state index in [4.69, 9.17) is 0 Å². The maximum Gasteiger partial charge on any atom is 0.229 e. The summed E-state index contributed by atoms with van der Waals surface area (Å²) in [5.74, 6) is 0.913. The first-order valence-corrected chi connectivity index (χ1v) is 17.3. The summed E-state index contributed by atoms with van der Waals surface area (Å²) < 4.78 is 26.1. The van der Waals surface area contributed by atoms with Gasteiger partial charge in [0.15, 0.2) is 5.78 Å². The fraction of sp³-hybridized carbons (Fsp3) is 0.457. The Labute approximate surface area is 276 Å². The van der Waals surface area contributed by atoms with Gasteiger partial charge in [0.2, 0.25) is 10.0 Å². The number of nitrogens with zero attached hydrogens (tertiary/aromatic N) is 2. The number of carbonyl (C=O) groups excluding carboxylic acids is 1. The third-order valence-corrected chi connectivity index (χ3v) is 9.60. The van der Waals surface area contributed by atoms with E-state index in [1.165, 1.54) is 28.5 Å². The van der Waals surface area contributed by atoms with Gasteiger partial charge in [-0.25, -0.2) is 8.42 Å². The maximum absolute atomic E-state index is 13.1. The molecule has 0 radical (unpaired) electrons. The van der Waals surface area contributed by atoms with Gasteiger partial charge in [-0.15, -0.1) is 24.8 Å². The lowest BCUT2D eigenvalue weighted by molar-refractivity contribution is 0.0974. The topological polar surface area (TPSA) is 69.7 Å². The Hall–Kier alpha value is -2.42. The van der Waals surface area contributed by atoms with Crippen molar-refractivity contribution in [2.45, 2.75) is 65.0 Å². The second kappa shape index (κ2) is 16.8. The molecule has 5 rings (SSSR count). The van der Waals surface area contributed by atoms with Crippen LogP contribution in [0.4, 0.5) is 5.69 Å². The quantitative estimate of drug-likeness (QED) is 0.223. The highest BCUT2D eigenvalue weighted by Gasteiger charge is 2.21. The van der Waals surface area contributed by atoms with E-state index in [9.17, 15) is 13.2 Å². The Morgan fingerprint density at radius 1 is 0.818 bits per heavy atom. The molecule has 1 saturated heterocycles. The molecule has 2 aliphatic rings. The zero-order valence-electron chi connectivity index (χ0n) is 26.0. The van der Waals surface area contributed by atoms with Crippen molar-refractivity contribution < 1.29 is 13.2 Å². The van der Waals surface area contributed by atoms with Gasteiger partial charge in [-0.3, -0.25) is 19.3 Å². The van der Waals surface area contributed by atoms with E-state index in [0.29, 0.717) is 18.0 Å². The van der Waals surface area contributed by atoms with E-state index < -0.39 is 10.0 Å². The number of nitrogens with one attached hydrogen (secondary N) is 1. The number of sulfonamides is 1. The zero-order valence-corrected chi connectivity index (χ0v) is 28.4. The molecular formula is C35H47Cl2N3O3S. The number of aryl methyl sites for hydroxylation is 1. The van der Waals surface area contributed by atoms with Crippen molar-refractivity contribution in [2.24, 2.45) is 5.92 Å². The van der Waals surface area contributed by atoms with E-state index in [1.54, 1.807) is 0 Å². The third-order valence-electron chi connectivity index (χ3n) is 9.01. The first kappa shape index (κ1) is 36.1. The monoisotopic (exact) mass is 659 g/mol. The van der Waals surface area contributed by atoms with Crippen molar-refractivity contribution in [3.05, 3.63) is 100 Å². The number of likely N-dealkylation sites (tertiary alicyclic amines) is 1. The molecule has 6 nitrogen and oxygen atoms in total. The normalized spacial score (nSPS) is 16.2. The van der Waals surface area contributed by atoms with Gasteiger partial charge in [-0.2, -0.15) is 0 Å². The first-order chi connectivity index (χ1) is 20.2. The van der Waals surface area contributed by atoms with E-state index in [1.807, 2.05) is 30.3 Å². The van der Waals surface area contributed by atoms with Crippen LogP contribution in [0.2, 0.25) is 0 Å². The third kappa shape index (κ3) is 10.3. The molecule has 0 bridgehead atoms. The molecule has 1 N–H and O–H groups in total. The number of halogens is 2. The molecule has 0 atom stereocenters. The number of Topliss-reactive ketones (excluding diaryl/α,β-unsaturated/α-hetero) is 1. The van der Waals surface area contributed by atoms with E-state index in [-0.39, 0.29) is 30.6 Å². The van der Waals surface area contributed by atoms with Gasteiger partial charge >= 0.3 is 0 Å². The minimum absolute atomic E-state index is 0. The number of rotatable bonds is 11. The van der Waals surface area contributed by atoms with Crippen LogP contribution in [0.1, 0.15) is 70.3 Å². The fourth-order valence-corrected chi connectivity index (χ4v) is 7.06. The summed E-state index contributed by atoms with van der Waals surface area (Å²) in [7, 11) is -3.31. The molecule has 2 heterocycles. The number of fused-ring (bicyclic) bond motifs is 1. The molecule has 0 amide bonds. The summed E-state index contributed by atoms with van der Waals surface area (Å²) >= 11 is 0. The zero-order chi connectivity index (χ0) is 29.5. The smallest absolute Gasteiger partial charge is 0.229 e. The fourth-order valence-electron chi connectivity index (χ4n) is 6.46. The van der Waals surface area contributed by atoms with Crippen LogP contribution in [0.15, 0.2) is 66.7 Å². The van der Waals surface area contributed by atoms with Gasteiger partial charge in [-0.1, -0.05) is 54.6 Å². The van der Waals surface area contributed by atoms with Crippen LogP contribution in [-0.2, 0) is 36.0 Å². The molecule has 0 aromatic heterocycles. The average molecular weight is 661 g/mol. The van der Waals surface area contributed by atoms with Crippen molar-refractivity contribution in [1.82, 2.24) is 9.80 Å². The SMILES string of the molecule is Cc1ccccc1CN1CCc2ccc(C(=O)CCCC3CCN(Cc4ccccc4NS(C)(=O)=O)CC3)cc2CC1.Cl.Cl. The lowest BCUT2D eigenvalue weighted by atomic mass is 9.90. The molecule has 0 aliphatic carbocycles. The number of ketones is 1. The lowest BCUT2D eigenvalue weighted by Crippen LogP contribution is -2.33. The number of piperidine rings is 1. The number of hydrogen-bond donors (Lipinski definition) is 1. The molecule has 0 unspecified atom stereocenters. The van der Waals surface area contributed by atoms with Crippen LogP contribution < -0.4 is 4.72 Å². The van der Waals surface area contributed by atoms with Gasteiger partial charge in [0.1, 0.15) is 0 Å². The largest absolute Gasteiger partial charge is 0.299 e. The van der Waals surface area contributed by atoms with Gasteiger partial charge in [0.05, 0.1) is 11.9 Å². The van der Waals surface area contributed by atoms with E-state index >= 15 is 0 Å². The number of hydrogen-bond acceptors (Lipinski definition) is 5. The highest BCUT2D eigenvalue weighted by molar-refractivity contribution is 7.92. The molecule has 3 aromatic carbocycles. The Balaban J connectivity index is 0.00000264. The maximum atomic E-state index is 13.1. The number of anilines is 1. The number of para-hydroxylation sites is 1. The summed E-state index contributed by atoms with van der Waals surface area (Å²) in [5.41, 5.74) is 8.02. The van der Waals surface area contributed by atoms with Crippen LogP contribution in [0, 0.1) is 12.8 Å². The summed E-state index contributed by atoms with van der Waals surface area (Å²) in [4.78, 5) is 18.1. The predicted octanol–water partition coefficient (Wildman–Crippen LogP) is 7.08. The van der Waals surface area contributed by atoms with E-state index in [2.05, 4.69) is 57.8 Å². The summed E-state index contributed by atoms with van der Waals surface area (Å²) in [5, 5.41) is 0. The van der Waals surface area contributed by atoms with Gasteiger partial charge < -0.3 is 0 Å². The number of carbonyl (C=O) groups is 1. The van der Waals surface area contributed by atoms with Crippen LogP contribution in [0.25, 0.3) is 0 Å². The molecule has 2 aliphatic heterocycles. The second-order valence-electron chi connectivity index (χ2n) is 12.3. The predicted molar refractivity (Wildman–Crippen MR) is 186 cm³/mol. The Morgan fingerprint density at radius 3 is 2.14 bits per heavy atom. The van der Waals surface area contributed by atoms with Gasteiger partial charge in [-0.05, 0) is 104 Å². The number of benzene rings is 3. The van der Waals surface area contributed by atoms with Crippen LogP contribution in [0.5, 0.6) is 0 Å². The van der Waals surface area contributed by atoms with Crippen LogP contribution in [0.3, 0.4) is 0 Å². The van der Waals surface area contributed by atoms with Crippen molar-refractivity contribution in [1.29, 1.82) is 0 Å². The van der Waals surface area contributed by atoms with Crippen molar-refractivity contribution >= 4 is 46.3 Å². The van der Waals surface area contributed by atoms with Crippen LogP contribution >= 0.6 is 24.8 Å². The van der Waals surface area contributed by atoms with Crippen LogP contribution in [-0.4, -0.2) is 56.4 Å². The second-order valence-corrected chi connectivity index (χ2v) is 14.0. The van der Waals surface area contributed by atoms with Gasteiger partial charge in [0, 0.05) is 38.2 Å². The first-order valence-electron chi connectivity index (χ1n) is 15.4. The summed E-state index contributed by atoms with van der Waals surface area (Å²) in [6.07, 6.45) is 8.10. The molecule has 240 valence electrons. The minimum atomic E-state index is -3.31. The summed E-state index contributed by atoms with van der Waals surface area (Å²) in [6, 6.07) is 22.7. The molecule has 0 saturated carbocycles. The molecule has 9 heteroatoms.